The number of methoxy groups -OCH3 is 1. The highest BCUT2D eigenvalue weighted by molar-refractivity contribution is 6.03. The summed E-state index contributed by atoms with van der Waals surface area (Å²) >= 11 is 0. The smallest absolute Gasteiger partial charge is 0.342 e. The van der Waals surface area contributed by atoms with E-state index in [0.717, 1.165) is 4.57 Å². The number of ether oxygens (including phenoxy) is 2. The van der Waals surface area contributed by atoms with Gasteiger partial charge in [0.1, 0.15) is 29.6 Å². The summed E-state index contributed by atoms with van der Waals surface area (Å²) in [6.07, 6.45) is 1.17. The summed E-state index contributed by atoms with van der Waals surface area (Å²) in [4.78, 5) is 39.5. The third-order valence-electron chi connectivity index (χ3n) is 2.86. The van der Waals surface area contributed by atoms with Crippen LogP contribution in [-0.4, -0.2) is 35.2 Å². The van der Waals surface area contributed by atoms with Crippen LogP contribution in [0.15, 0.2) is 15.5 Å². The van der Waals surface area contributed by atoms with E-state index in [9.17, 15) is 14.4 Å². The van der Waals surface area contributed by atoms with E-state index in [2.05, 4.69) is 9.72 Å². The van der Waals surface area contributed by atoms with Gasteiger partial charge in [0.2, 0.25) is 5.71 Å². The molecule has 0 atom stereocenters. The van der Waals surface area contributed by atoms with Crippen molar-refractivity contribution in [1.29, 1.82) is 0 Å². The molecule has 0 unspecified atom stereocenters. The van der Waals surface area contributed by atoms with Crippen LogP contribution >= 0.6 is 0 Å². The molecule has 112 valence electrons. The van der Waals surface area contributed by atoms with Gasteiger partial charge in [-0.25, -0.2) is 9.78 Å². The molecule has 0 aromatic carbocycles. The maximum absolute atomic E-state index is 12.4. The van der Waals surface area contributed by atoms with E-state index < -0.39 is 17.5 Å². The summed E-state index contributed by atoms with van der Waals surface area (Å²) in [5, 5.41) is -0.00245. The zero-order valence-corrected chi connectivity index (χ0v) is 11.8. The number of aryl methyl sites for hydroxylation is 1. The second-order valence-electron chi connectivity index (χ2n) is 4.19. The van der Waals surface area contributed by atoms with Crippen LogP contribution in [0.25, 0.3) is 11.1 Å². The van der Waals surface area contributed by atoms with Crippen molar-refractivity contribution in [3.8, 4) is 0 Å². The van der Waals surface area contributed by atoms with Crippen molar-refractivity contribution in [2.45, 2.75) is 20.4 Å². The first-order valence-corrected chi connectivity index (χ1v) is 6.22. The minimum atomic E-state index is -0.663. The Bertz CT molecular complexity index is 758. The van der Waals surface area contributed by atoms with Crippen LogP contribution in [0.1, 0.15) is 23.0 Å². The average Bonchev–Trinajstić information content (AvgIpc) is 2.79. The van der Waals surface area contributed by atoms with Crippen molar-refractivity contribution in [3.63, 3.8) is 0 Å². The maximum atomic E-state index is 12.4. The Labute approximate surface area is 119 Å². The minimum Gasteiger partial charge on any atom is -0.468 e. The van der Waals surface area contributed by atoms with Gasteiger partial charge in [0.15, 0.2) is 0 Å². The summed E-state index contributed by atoms with van der Waals surface area (Å²) in [6, 6.07) is 0. The molecule has 0 radical (unpaired) electrons. The number of aromatic nitrogens is 2. The van der Waals surface area contributed by atoms with E-state index in [1.165, 1.54) is 20.4 Å². The number of carbonyl (C=O) groups excluding carboxylic acids is 2. The Morgan fingerprint density at radius 1 is 1.43 bits per heavy atom. The molecule has 0 fully saturated rings. The molecule has 0 saturated carbocycles. The highest BCUT2D eigenvalue weighted by atomic mass is 16.5. The average molecular weight is 294 g/mol. The van der Waals surface area contributed by atoms with Gasteiger partial charge in [0, 0.05) is 0 Å². The molecule has 0 aliphatic carbocycles. The molecule has 0 spiro atoms. The maximum Gasteiger partial charge on any atom is 0.342 e. The monoisotopic (exact) mass is 294 g/mol. The molecule has 8 heteroatoms. The van der Waals surface area contributed by atoms with Crippen molar-refractivity contribution >= 4 is 23.0 Å². The lowest BCUT2D eigenvalue weighted by Crippen LogP contribution is -2.26. The minimum absolute atomic E-state index is 0.00245. The van der Waals surface area contributed by atoms with Crippen LogP contribution in [-0.2, 0) is 20.8 Å². The van der Waals surface area contributed by atoms with Gasteiger partial charge < -0.3 is 13.9 Å². The van der Waals surface area contributed by atoms with Crippen LogP contribution in [0.2, 0.25) is 0 Å². The standard InChI is InChI=1S/C13H14N2O6/c1-4-20-13(18)9-7(2)21-11-10(9)12(17)15(6-14-11)5-8(16)19-3/h6H,4-5H2,1-3H3. The number of rotatable bonds is 4. The number of fused-ring (bicyclic) bond motifs is 1. The molecule has 2 aromatic rings. The first kappa shape index (κ1) is 14.8. The largest absolute Gasteiger partial charge is 0.468 e. The number of nitrogens with zero attached hydrogens (tertiary/aromatic N) is 2. The summed E-state index contributed by atoms with van der Waals surface area (Å²) in [5.74, 6) is -1.02. The second kappa shape index (κ2) is 5.78. The number of carbonyl (C=O) groups is 2. The van der Waals surface area contributed by atoms with Crippen LogP contribution in [0.4, 0.5) is 0 Å². The van der Waals surface area contributed by atoms with Gasteiger partial charge in [-0.1, -0.05) is 0 Å². The third-order valence-corrected chi connectivity index (χ3v) is 2.86. The normalized spacial score (nSPS) is 10.6. The molecule has 0 amide bonds. The lowest BCUT2D eigenvalue weighted by atomic mass is 10.2. The van der Waals surface area contributed by atoms with E-state index in [1.807, 2.05) is 0 Å². The summed E-state index contributed by atoms with van der Waals surface area (Å²) in [5.41, 5.74) is -0.504. The van der Waals surface area contributed by atoms with E-state index in [1.54, 1.807) is 6.92 Å². The van der Waals surface area contributed by atoms with Gasteiger partial charge in [-0.05, 0) is 13.8 Å². The predicted octanol–water partition coefficient (Wildman–Crippen LogP) is 0.648. The summed E-state index contributed by atoms with van der Waals surface area (Å²) < 4.78 is 15.7. The van der Waals surface area contributed by atoms with E-state index in [0.29, 0.717) is 0 Å². The van der Waals surface area contributed by atoms with Crippen LogP contribution in [0, 0.1) is 6.92 Å². The molecule has 0 N–H and O–H groups in total. The van der Waals surface area contributed by atoms with Crippen LogP contribution < -0.4 is 5.56 Å². The fraction of sp³-hybridized carbons (Fsp3) is 0.385. The Balaban J connectivity index is 2.62. The number of esters is 2. The number of furan rings is 1. The second-order valence-corrected chi connectivity index (χ2v) is 4.19. The van der Waals surface area contributed by atoms with Gasteiger partial charge in [-0.15, -0.1) is 0 Å². The molecule has 0 aliphatic rings. The Kier molecular flexibility index (Phi) is 4.06. The van der Waals surface area contributed by atoms with E-state index in [4.69, 9.17) is 9.15 Å². The van der Waals surface area contributed by atoms with Gasteiger partial charge in [-0.2, -0.15) is 0 Å². The molecule has 2 aromatic heterocycles. The SMILES string of the molecule is CCOC(=O)c1c(C)oc2ncn(CC(=O)OC)c(=O)c12. The summed E-state index contributed by atoms with van der Waals surface area (Å²) in [7, 11) is 1.21. The lowest BCUT2D eigenvalue weighted by molar-refractivity contribution is -0.141. The van der Waals surface area contributed by atoms with Crippen LogP contribution in [0.5, 0.6) is 0 Å². The van der Waals surface area contributed by atoms with Crippen molar-refractivity contribution in [1.82, 2.24) is 9.55 Å². The summed E-state index contributed by atoms with van der Waals surface area (Å²) in [6.45, 7) is 3.06. The molecule has 0 saturated heterocycles. The van der Waals surface area contributed by atoms with E-state index in [-0.39, 0.29) is 35.6 Å². The van der Waals surface area contributed by atoms with Crippen molar-refractivity contribution in [2.24, 2.45) is 0 Å². The Morgan fingerprint density at radius 2 is 2.14 bits per heavy atom. The molecule has 2 heterocycles. The highest BCUT2D eigenvalue weighted by Crippen LogP contribution is 2.21. The van der Waals surface area contributed by atoms with Gasteiger partial charge in [0.05, 0.1) is 13.7 Å². The zero-order valence-electron chi connectivity index (χ0n) is 11.8. The third kappa shape index (κ3) is 2.64. The molecule has 0 bridgehead atoms. The number of hydrogen-bond acceptors (Lipinski definition) is 7. The molecule has 8 nitrogen and oxygen atoms in total. The predicted molar refractivity (Wildman–Crippen MR) is 71.0 cm³/mol. The first-order chi connectivity index (χ1) is 9.99. The quantitative estimate of drug-likeness (QED) is 0.763. The molecular formula is C13H14N2O6. The van der Waals surface area contributed by atoms with Crippen molar-refractivity contribution in [2.75, 3.05) is 13.7 Å². The van der Waals surface area contributed by atoms with Gasteiger partial charge in [-0.3, -0.25) is 14.2 Å². The van der Waals surface area contributed by atoms with Gasteiger partial charge in [0.25, 0.3) is 5.56 Å². The zero-order chi connectivity index (χ0) is 15.6. The molecule has 0 aliphatic heterocycles. The fourth-order valence-electron chi connectivity index (χ4n) is 1.90. The lowest BCUT2D eigenvalue weighted by Gasteiger charge is -2.03. The molecular weight excluding hydrogens is 280 g/mol. The molecule has 21 heavy (non-hydrogen) atoms. The van der Waals surface area contributed by atoms with Crippen molar-refractivity contribution in [3.05, 3.63) is 28.0 Å². The molecule has 2 rings (SSSR count). The van der Waals surface area contributed by atoms with E-state index >= 15 is 0 Å². The highest BCUT2D eigenvalue weighted by Gasteiger charge is 2.24. The van der Waals surface area contributed by atoms with Crippen LogP contribution in [0.3, 0.4) is 0 Å². The topological polar surface area (TPSA) is 101 Å². The number of hydrogen-bond donors (Lipinski definition) is 0. The fourth-order valence-corrected chi connectivity index (χ4v) is 1.90. The Morgan fingerprint density at radius 3 is 2.76 bits per heavy atom. The Hall–Kier alpha value is -2.64. The van der Waals surface area contributed by atoms with Gasteiger partial charge >= 0.3 is 11.9 Å². The first-order valence-electron chi connectivity index (χ1n) is 6.22. The van der Waals surface area contributed by atoms with Crippen molar-refractivity contribution < 1.29 is 23.5 Å².